The summed E-state index contributed by atoms with van der Waals surface area (Å²) >= 11 is 0. The van der Waals surface area contributed by atoms with E-state index in [2.05, 4.69) is 5.32 Å². The third kappa shape index (κ3) is 6.06. The van der Waals surface area contributed by atoms with Gasteiger partial charge in [-0.1, -0.05) is 19.9 Å². The number of hydrogen-bond donors (Lipinski definition) is 1. The second-order valence-corrected chi connectivity index (χ2v) is 7.06. The maximum absolute atomic E-state index is 11.8. The molecule has 1 aromatic carbocycles. The van der Waals surface area contributed by atoms with Crippen LogP contribution in [-0.4, -0.2) is 32.9 Å². The highest BCUT2D eigenvalue weighted by atomic mass is 32.2. The van der Waals surface area contributed by atoms with Crippen molar-refractivity contribution in [2.75, 3.05) is 23.9 Å². The molecular weight excluding hydrogens is 278 g/mol. The molecule has 0 aliphatic heterocycles. The zero-order chi connectivity index (χ0) is 15.2. The highest BCUT2D eigenvalue weighted by Gasteiger charge is 2.10. The van der Waals surface area contributed by atoms with Crippen molar-refractivity contribution in [1.82, 2.24) is 0 Å². The second-order valence-electron chi connectivity index (χ2n) is 4.80. The molecule has 0 radical (unpaired) electrons. The van der Waals surface area contributed by atoms with Crippen LogP contribution in [0.3, 0.4) is 0 Å². The van der Waals surface area contributed by atoms with Crippen LogP contribution in [0.15, 0.2) is 24.3 Å². The molecule has 0 fully saturated rings. The molecule has 112 valence electrons. The second kappa shape index (κ2) is 7.28. The summed E-state index contributed by atoms with van der Waals surface area (Å²) in [5.74, 6) is 0.414. The number of carbonyl (C=O) groups is 1. The summed E-state index contributed by atoms with van der Waals surface area (Å²) in [7, 11) is -3.03. The molecule has 1 N–H and O–H groups in total. The van der Waals surface area contributed by atoms with Gasteiger partial charge in [0.2, 0.25) is 5.91 Å². The molecule has 1 aromatic rings. The van der Waals surface area contributed by atoms with Gasteiger partial charge in [-0.3, -0.25) is 4.79 Å². The van der Waals surface area contributed by atoms with Crippen LogP contribution in [0, 0.1) is 5.92 Å². The SMILES string of the molecule is CCC(C)C(=O)Nc1cccc(OCCS(C)(=O)=O)c1. The minimum atomic E-state index is -3.03. The number of anilines is 1. The average Bonchev–Trinajstić information content (AvgIpc) is 2.36. The number of benzene rings is 1. The van der Waals surface area contributed by atoms with Crippen molar-refractivity contribution < 1.29 is 17.9 Å². The lowest BCUT2D eigenvalue weighted by Crippen LogP contribution is -2.19. The van der Waals surface area contributed by atoms with E-state index in [0.717, 1.165) is 6.42 Å². The lowest BCUT2D eigenvalue weighted by Gasteiger charge is -2.11. The van der Waals surface area contributed by atoms with Gasteiger partial charge in [-0.25, -0.2) is 8.42 Å². The third-order valence-corrected chi connectivity index (χ3v) is 3.79. The zero-order valence-electron chi connectivity index (χ0n) is 12.0. The summed E-state index contributed by atoms with van der Waals surface area (Å²) < 4.78 is 27.4. The maximum Gasteiger partial charge on any atom is 0.227 e. The molecule has 1 amide bonds. The molecule has 0 aromatic heterocycles. The predicted molar refractivity (Wildman–Crippen MR) is 79.7 cm³/mol. The first-order valence-corrected chi connectivity index (χ1v) is 8.59. The van der Waals surface area contributed by atoms with Crippen molar-refractivity contribution in [3.63, 3.8) is 0 Å². The molecule has 0 aliphatic rings. The van der Waals surface area contributed by atoms with Gasteiger partial charge in [-0.2, -0.15) is 0 Å². The van der Waals surface area contributed by atoms with E-state index in [4.69, 9.17) is 4.74 Å². The number of nitrogens with one attached hydrogen (secondary N) is 1. The molecule has 6 heteroatoms. The quantitative estimate of drug-likeness (QED) is 0.837. The van der Waals surface area contributed by atoms with Gasteiger partial charge < -0.3 is 10.1 Å². The minimum Gasteiger partial charge on any atom is -0.492 e. The molecule has 0 aliphatic carbocycles. The number of hydrogen-bond acceptors (Lipinski definition) is 4. The van der Waals surface area contributed by atoms with Gasteiger partial charge in [0, 0.05) is 23.9 Å². The largest absolute Gasteiger partial charge is 0.492 e. The maximum atomic E-state index is 11.8. The van der Waals surface area contributed by atoms with Crippen molar-refractivity contribution >= 4 is 21.4 Å². The van der Waals surface area contributed by atoms with E-state index >= 15 is 0 Å². The number of amides is 1. The van der Waals surface area contributed by atoms with Gasteiger partial charge in [-0.15, -0.1) is 0 Å². The number of sulfone groups is 1. The first kappa shape index (κ1) is 16.5. The van der Waals surface area contributed by atoms with Crippen LogP contribution in [0.2, 0.25) is 0 Å². The summed E-state index contributed by atoms with van der Waals surface area (Å²) in [5.41, 5.74) is 0.646. The molecule has 0 bridgehead atoms. The zero-order valence-corrected chi connectivity index (χ0v) is 12.9. The fraction of sp³-hybridized carbons (Fsp3) is 0.500. The van der Waals surface area contributed by atoms with E-state index in [1.54, 1.807) is 24.3 Å². The van der Waals surface area contributed by atoms with Crippen LogP contribution in [0.4, 0.5) is 5.69 Å². The molecule has 0 saturated carbocycles. The average molecular weight is 299 g/mol. The summed E-state index contributed by atoms with van der Waals surface area (Å²) in [6.07, 6.45) is 1.94. The highest BCUT2D eigenvalue weighted by Crippen LogP contribution is 2.18. The van der Waals surface area contributed by atoms with E-state index in [9.17, 15) is 13.2 Å². The van der Waals surface area contributed by atoms with Crippen molar-refractivity contribution in [2.24, 2.45) is 5.92 Å². The molecule has 0 saturated heterocycles. The summed E-state index contributed by atoms with van der Waals surface area (Å²) in [6.45, 7) is 3.92. The van der Waals surface area contributed by atoms with E-state index in [0.29, 0.717) is 11.4 Å². The fourth-order valence-corrected chi connectivity index (χ4v) is 1.81. The molecule has 20 heavy (non-hydrogen) atoms. The van der Waals surface area contributed by atoms with Crippen LogP contribution < -0.4 is 10.1 Å². The molecule has 1 rings (SSSR count). The Balaban J connectivity index is 2.60. The van der Waals surface area contributed by atoms with Gasteiger partial charge in [0.15, 0.2) is 9.84 Å². The van der Waals surface area contributed by atoms with Gasteiger partial charge >= 0.3 is 0 Å². The van der Waals surface area contributed by atoms with Crippen molar-refractivity contribution in [3.05, 3.63) is 24.3 Å². The monoisotopic (exact) mass is 299 g/mol. The van der Waals surface area contributed by atoms with E-state index < -0.39 is 9.84 Å². The van der Waals surface area contributed by atoms with Gasteiger partial charge in [0.05, 0.1) is 5.75 Å². The molecule has 1 atom stereocenters. The first-order chi connectivity index (χ1) is 9.31. The Labute approximate surface area is 120 Å². The lowest BCUT2D eigenvalue weighted by atomic mass is 10.1. The van der Waals surface area contributed by atoms with E-state index in [1.165, 1.54) is 6.26 Å². The topological polar surface area (TPSA) is 72.5 Å². The standard InChI is InChI=1S/C14H21NO4S/c1-4-11(2)14(16)15-12-6-5-7-13(10-12)19-8-9-20(3,17)18/h5-7,10-11H,4,8-9H2,1-3H3,(H,15,16). The Morgan fingerprint density at radius 1 is 1.40 bits per heavy atom. The Bertz CT molecular complexity index is 554. The smallest absolute Gasteiger partial charge is 0.227 e. The first-order valence-electron chi connectivity index (χ1n) is 6.53. The normalized spacial score (nSPS) is 12.8. The van der Waals surface area contributed by atoms with Crippen molar-refractivity contribution in [2.45, 2.75) is 20.3 Å². The van der Waals surface area contributed by atoms with Crippen LogP contribution in [0.1, 0.15) is 20.3 Å². The van der Waals surface area contributed by atoms with Gasteiger partial charge in [-0.05, 0) is 18.6 Å². The number of rotatable bonds is 7. The molecule has 0 spiro atoms. The third-order valence-electron chi connectivity index (χ3n) is 2.88. The molecule has 5 nitrogen and oxygen atoms in total. The molecule has 0 heterocycles. The molecular formula is C14H21NO4S. The number of carbonyl (C=O) groups excluding carboxylic acids is 1. The summed E-state index contributed by atoms with van der Waals surface area (Å²) in [5, 5.41) is 2.80. The Hall–Kier alpha value is -1.56. The summed E-state index contributed by atoms with van der Waals surface area (Å²) in [6, 6.07) is 6.93. The van der Waals surface area contributed by atoms with E-state index in [-0.39, 0.29) is 24.2 Å². The predicted octanol–water partition coefficient (Wildman–Crippen LogP) is 2.09. The van der Waals surface area contributed by atoms with Crippen LogP contribution >= 0.6 is 0 Å². The Morgan fingerprint density at radius 2 is 2.10 bits per heavy atom. The molecule has 1 unspecified atom stereocenters. The van der Waals surface area contributed by atoms with Crippen LogP contribution in [0.5, 0.6) is 5.75 Å². The minimum absolute atomic E-state index is 0.0313. The van der Waals surface area contributed by atoms with Gasteiger partial charge in [0.25, 0.3) is 0 Å². The fourth-order valence-electron chi connectivity index (χ4n) is 1.43. The highest BCUT2D eigenvalue weighted by molar-refractivity contribution is 7.90. The van der Waals surface area contributed by atoms with Crippen molar-refractivity contribution in [1.29, 1.82) is 0 Å². The van der Waals surface area contributed by atoms with Crippen LogP contribution in [-0.2, 0) is 14.6 Å². The van der Waals surface area contributed by atoms with Crippen molar-refractivity contribution in [3.8, 4) is 5.75 Å². The lowest BCUT2D eigenvalue weighted by molar-refractivity contribution is -0.119. The van der Waals surface area contributed by atoms with Gasteiger partial charge in [0.1, 0.15) is 12.4 Å². The van der Waals surface area contributed by atoms with Crippen LogP contribution in [0.25, 0.3) is 0 Å². The number of ether oxygens (including phenoxy) is 1. The summed E-state index contributed by atoms with van der Waals surface area (Å²) in [4.78, 5) is 11.8. The Kier molecular flexibility index (Phi) is 6.01. The Morgan fingerprint density at radius 3 is 2.70 bits per heavy atom. The van der Waals surface area contributed by atoms with E-state index in [1.807, 2.05) is 13.8 Å².